The van der Waals surface area contributed by atoms with E-state index in [1.165, 1.54) is 0 Å². The number of benzene rings is 1. The lowest BCUT2D eigenvalue weighted by Gasteiger charge is -2.34. The summed E-state index contributed by atoms with van der Waals surface area (Å²) >= 11 is 2.27. The van der Waals surface area contributed by atoms with Crippen LogP contribution in [0.5, 0.6) is 0 Å². The maximum absolute atomic E-state index is 12.8. The lowest BCUT2D eigenvalue weighted by Crippen LogP contribution is -2.43. The van der Waals surface area contributed by atoms with Gasteiger partial charge in [-0.2, -0.15) is 5.10 Å². The second-order valence-corrected chi connectivity index (χ2v) is 9.40. The number of hydrogen-bond acceptors (Lipinski definition) is 4. The average Bonchev–Trinajstić information content (AvgIpc) is 2.98. The van der Waals surface area contributed by atoms with Gasteiger partial charge in [-0.05, 0) is 74.4 Å². The van der Waals surface area contributed by atoms with E-state index in [0.717, 1.165) is 20.1 Å². The predicted octanol–water partition coefficient (Wildman–Crippen LogP) is 3.83. The molecule has 2 aromatic heterocycles. The maximum atomic E-state index is 12.8. The Morgan fingerprint density at radius 1 is 1.21 bits per heavy atom. The van der Waals surface area contributed by atoms with Crippen LogP contribution >= 0.6 is 22.6 Å². The fourth-order valence-corrected chi connectivity index (χ4v) is 4.20. The Hall–Kier alpha value is -2.10. The van der Waals surface area contributed by atoms with Crippen LogP contribution in [0.2, 0.25) is 0 Å². The number of rotatable bonds is 1. The van der Waals surface area contributed by atoms with Crippen molar-refractivity contribution in [3.8, 4) is 0 Å². The minimum Gasteiger partial charge on any atom is -0.444 e. The molecule has 1 aromatic carbocycles. The molecule has 0 radical (unpaired) electrons. The van der Waals surface area contributed by atoms with Crippen LogP contribution in [0.3, 0.4) is 0 Å². The van der Waals surface area contributed by atoms with E-state index in [4.69, 9.17) is 4.74 Å². The molecule has 1 aliphatic rings. The third kappa shape index (κ3) is 3.61. The molecule has 0 N–H and O–H groups in total. The van der Waals surface area contributed by atoms with Crippen LogP contribution in [0.25, 0.3) is 16.6 Å². The maximum Gasteiger partial charge on any atom is 0.410 e. The van der Waals surface area contributed by atoms with Gasteiger partial charge in [-0.1, -0.05) is 0 Å². The zero-order chi connectivity index (χ0) is 20.1. The van der Waals surface area contributed by atoms with Crippen molar-refractivity contribution in [3.05, 3.63) is 44.4 Å². The van der Waals surface area contributed by atoms with Gasteiger partial charge in [0.05, 0.1) is 5.52 Å². The minimum absolute atomic E-state index is 0.0210. The molecule has 0 aliphatic carbocycles. The molecule has 3 aromatic rings. The Morgan fingerprint density at radius 2 is 1.93 bits per heavy atom. The van der Waals surface area contributed by atoms with Gasteiger partial charge < -0.3 is 9.64 Å². The zero-order valence-electron chi connectivity index (χ0n) is 16.2. The van der Waals surface area contributed by atoms with Crippen molar-refractivity contribution in [1.82, 2.24) is 19.1 Å². The molecule has 1 amide bonds. The first kappa shape index (κ1) is 19.2. The van der Waals surface area contributed by atoms with Crippen molar-refractivity contribution < 1.29 is 9.53 Å². The molecule has 8 heteroatoms. The van der Waals surface area contributed by atoms with Crippen molar-refractivity contribution in [2.75, 3.05) is 13.1 Å². The van der Waals surface area contributed by atoms with Crippen molar-refractivity contribution in [2.24, 2.45) is 0 Å². The van der Waals surface area contributed by atoms with Crippen molar-refractivity contribution in [2.45, 2.75) is 45.3 Å². The first-order chi connectivity index (χ1) is 13.2. The lowest BCUT2D eigenvalue weighted by atomic mass is 10.0. The monoisotopic (exact) mass is 494 g/mol. The number of carbonyl (C=O) groups is 1. The number of piperidine rings is 1. The van der Waals surface area contributed by atoms with Crippen molar-refractivity contribution in [1.29, 1.82) is 0 Å². The highest BCUT2D eigenvalue weighted by molar-refractivity contribution is 14.1. The highest BCUT2D eigenvalue weighted by Gasteiger charge is 2.29. The molecule has 148 valence electrons. The quantitative estimate of drug-likeness (QED) is 0.483. The highest BCUT2D eigenvalue weighted by Crippen LogP contribution is 2.28. The predicted molar refractivity (Wildman–Crippen MR) is 116 cm³/mol. The molecular weight excluding hydrogens is 471 g/mol. The number of hydrogen-bond donors (Lipinski definition) is 0. The molecule has 0 atom stereocenters. The third-order valence-corrected chi connectivity index (χ3v) is 5.61. The van der Waals surface area contributed by atoms with Gasteiger partial charge in [0.1, 0.15) is 11.2 Å². The number of carbonyl (C=O) groups excluding carboxylic acids is 1. The van der Waals surface area contributed by atoms with Gasteiger partial charge >= 0.3 is 6.09 Å². The number of halogens is 1. The molecule has 1 aliphatic heterocycles. The van der Waals surface area contributed by atoms with Gasteiger partial charge in [0.25, 0.3) is 5.56 Å². The Morgan fingerprint density at radius 3 is 2.61 bits per heavy atom. The third-order valence-electron chi connectivity index (χ3n) is 4.94. The van der Waals surface area contributed by atoms with Crippen LogP contribution < -0.4 is 5.56 Å². The van der Waals surface area contributed by atoms with Crippen molar-refractivity contribution in [3.63, 3.8) is 0 Å². The summed E-state index contributed by atoms with van der Waals surface area (Å²) in [7, 11) is 0. The summed E-state index contributed by atoms with van der Waals surface area (Å²) in [5, 5.41) is 5.58. The number of amides is 1. The van der Waals surface area contributed by atoms with Gasteiger partial charge in [-0.25, -0.2) is 9.31 Å². The molecule has 1 fully saturated rings. The summed E-state index contributed by atoms with van der Waals surface area (Å²) in [6.07, 6.45) is 2.84. The second-order valence-electron chi connectivity index (χ2n) is 8.15. The molecule has 0 spiro atoms. The fourth-order valence-electron chi connectivity index (χ4n) is 3.71. The van der Waals surface area contributed by atoms with Crippen LogP contribution in [-0.2, 0) is 4.74 Å². The Labute approximate surface area is 176 Å². The van der Waals surface area contributed by atoms with E-state index < -0.39 is 5.60 Å². The molecule has 7 nitrogen and oxygen atoms in total. The van der Waals surface area contributed by atoms with Crippen LogP contribution in [0.4, 0.5) is 4.79 Å². The van der Waals surface area contributed by atoms with Crippen LogP contribution in [0.15, 0.2) is 35.3 Å². The van der Waals surface area contributed by atoms with Crippen LogP contribution in [-0.4, -0.2) is 43.9 Å². The number of ether oxygens (including phenoxy) is 1. The second kappa shape index (κ2) is 7.06. The highest BCUT2D eigenvalue weighted by atomic mass is 127. The molecule has 28 heavy (non-hydrogen) atoms. The minimum atomic E-state index is -0.510. The molecule has 1 saturated heterocycles. The molecule has 4 rings (SSSR count). The topological polar surface area (TPSA) is 68.8 Å². The van der Waals surface area contributed by atoms with Crippen molar-refractivity contribution >= 4 is 45.2 Å². The lowest BCUT2D eigenvalue weighted by molar-refractivity contribution is 0.0188. The number of nitrogens with zero attached hydrogens (tertiary/aromatic N) is 4. The summed E-state index contributed by atoms with van der Waals surface area (Å²) in [6.45, 7) is 6.73. The van der Waals surface area contributed by atoms with Gasteiger partial charge in [0, 0.05) is 40.4 Å². The summed E-state index contributed by atoms with van der Waals surface area (Å²) < 4.78 is 10.2. The van der Waals surface area contributed by atoms with Gasteiger partial charge in [-0.15, -0.1) is 0 Å². The largest absolute Gasteiger partial charge is 0.444 e. The van der Waals surface area contributed by atoms with Crippen LogP contribution in [0.1, 0.15) is 39.7 Å². The van der Waals surface area contributed by atoms with E-state index in [0.29, 0.717) is 25.9 Å². The average molecular weight is 494 g/mol. The van der Waals surface area contributed by atoms with Gasteiger partial charge in [0.2, 0.25) is 0 Å². The smallest absolute Gasteiger partial charge is 0.410 e. The zero-order valence-corrected chi connectivity index (χ0v) is 18.3. The van der Waals surface area contributed by atoms with E-state index in [1.54, 1.807) is 21.7 Å². The van der Waals surface area contributed by atoms with E-state index in [-0.39, 0.29) is 17.7 Å². The van der Waals surface area contributed by atoms with E-state index in [9.17, 15) is 9.59 Å². The number of aromatic nitrogens is 3. The first-order valence-electron chi connectivity index (χ1n) is 9.40. The number of fused-ring (bicyclic) bond motifs is 3. The standard InChI is InChI=1S/C20H23IN4O3/c1-20(2,3)28-19(27)23-9-6-14(7-10-23)25-17(26)8-11-24-18(25)15-12-13(21)4-5-16(15)22-24/h4-5,8,11-12,14H,6-7,9-10H2,1-3H3. The van der Waals surface area contributed by atoms with Gasteiger partial charge in [0.15, 0.2) is 0 Å². The molecule has 0 bridgehead atoms. The molecule has 0 unspecified atom stereocenters. The molecule has 3 heterocycles. The SMILES string of the molecule is CC(C)(C)OC(=O)N1CCC(n2c(=O)ccn3nc4ccc(I)cc4c23)CC1. The van der Waals surface area contributed by atoms with E-state index >= 15 is 0 Å². The number of likely N-dealkylation sites (tertiary alicyclic amines) is 1. The van der Waals surface area contributed by atoms with E-state index in [1.807, 2.05) is 37.5 Å². The van der Waals surface area contributed by atoms with E-state index in [2.05, 4.69) is 33.8 Å². The first-order valence-corrected chi connectivity index (χ1v) is 10.5. The Bertz CT molecular complexity index is 1100. The summed E-state index contributed by atoms with van der Waals surface area (Å²) in [4.78, 5) is 26.8. The van der Waals surface area contributed by atoms with Gasteiger partial charge in [-0.3, -0.25) is 9.36 Å². The summed E-state index contributed by atoms with van der Waals surface area (Å²) in [5.41, 5.74) is 1.14. The Kier molecular flexibility index (Phi) is 4.84. The summed E-state index contributed by atoms with van der Waals surface area (Å²) in [5.74, 6) is 0. The fraction of sp³-hybridized carbons (Fsp3) is 0.450. The Balaban J connectivity index is 1.66. The van der Waals surface area contributed by atoms with Crippen LogP contribution in [0, 0.1) is 3.57 Å². The molecule has 0 saturated carbocycles. The normalized spacial score (nSPS) is 16.1. The molecular formula is C20H23IN4O3. The summed E-state index contributed by atoms with van der Waals surface area (Å²) in [6, 6.07) is 7.63.